The summed E-state index contributed by atoms with van der Waals surface area (Å²) < 4.78 is 0. The number of nitrogens with one attached hydrogen (secondary N) is 1. The molecule has 0 aliphatic rings. The maximum absolute atomic E-state index is 12.6. The van der Waals surface area contributed by atoms with E-state index in [0.717, 1.165) is 17.5 Å². The Morgan fingerprint density at radius 2 is 1.44 bits per heavy atom. The predicted octanol–water partition coefficient (Wildman–Crippen LogP) is 4.83. The summed E-state index contributed by atoms with van der Waals surface area (Å²) in [7, 11) is 0. The summed E-state index contributed by atoms with van der Waals surface area (Å²) in [6.45, 7) is 2.08. The molecule has 0 fully saturated rings. The van der Waals surface area contributed by atoms with Crippen molar-refractivity contribution in [1.29, 1.82) is 0 Å². The first kappa shape index (κ1) is 17.0. The average Bonchev–Trinajstić information content (AvgIpc) is 2.67. The van der Waals surface area contributed by atoms with Crippen LogP contribution in [-0.2, 0) is 11.2 Å². The second-order valence-electron chi connectivity index (χ2n) is 6.25. The Bertz CT molecular complexity index is 812. The molecule has 25 heavy (non-hydrogen) atoms. The summed E-state index contributed by atoms with van der Waals surface area (Å²) >= 11 is 0. The SMILES string of the molecule is Cc1ccccc1C(NC(=O)CCc1ccccc1)c1ccccc1. The molecule has 1 atom stereocenters. The van der Waals surface area contributed by atoms with E-state index >= 15 is 0 Å². The molecule has 0 saturated heterocycles. The van der Waals surface area contributed by atoms with E-state index < -0.39 is 0 Å². The van der Waals surface area contributed by atoms with Gasteiger partial charge in [-0.05, 0) is 35.6 Å². The Morgan fingerprint density at radius 1 is 0.840 bits per heavy atom. The molecular weight excluding hydrogens is 306 g/mol. The summed E-state index contributed by atoms with van der Waals surface area (Å²) in [5.41, 5.74) is 4.61. The summed E-state index contributed by atoms with van der Waals surface area (Å²) in [5, 5.41) is 3.22. The van der Waals surface area contributed by atoms with Gasteiger partial charge in [-0.15, -0.1) is 0 Å². The van der Waals surface area contributed by atoms with E-state index in [2.05, 4.69) is 48.6 Å². The highest BCUT2D eigenvalue weighted by Crippen LogP contribution is 2.25. The van der Waals surface area contributed by atoms with Crippen LogP contribution < -0.4 is 5.32 Å². The summed E-state index contributed by atoms with van der Waals surface area (Å²) in [5.74, 6) is 0.0703. The summed E-state index contributed by atoms with van der Waals surface area (Å²) in [6, 6.07) is 28.4. The summed E-state index contributed by atoms with van der Waals surface area (Å²) in [4.78, 5) is 12.6. The van der Waals surface area contributed by atoms with Crippen molar-refractivity contribution in [3.05, 3.63) is 107 Å². The molecule has 0 saturated carbocycles. The van der Waals surface area contributed by atoms with Gasteiger partial charge < -0.3 is 5.32 Å². The van der Waals surface area contributed by atoms with E-state index in [1.165, 1.54) is 11.1 Å². The molecule has 0 aliphatic heterocycles. The van der Waals surface area contributed by atoms with Crippen LogP contribution in [0.2, 0.25) is 0 Å². The number of benzene rings is 3. The monoisotopic (exact) mass is 329 g/mol. The normalized spacial score (nSPS) is 11.7. The molecule has 0 spiro atoms. The molecule has 0 heterocycles. The van der Waals surface area contributed by atoms with Gasteiger partial charge in [-0.2, -0.15) is 0 Å². The van der Waals surface area contributed by atoms with Crippen molar-refractivity contribution in [2.24, 2.45) is 0 Å². The highest BCUT2D eigenvalue weighted by Gasteiger charge is 2.18. The van der Waals surface area contributed by atoms with Crippen LogP contribution in [0.3, 0.4) is 0 Å². The lowest BCUT2D eigenvalue weighted by Gasteiger charge is -2.21. The number of hydrogen-bond acceptors (Lipinski definition) is 1. The number of carbonyl (C=O) groups is 1. The predicted molar refractivity (Wildman–Crippen MR) is 102 cm³/mol. The minimum Gasteiger partial charge on any atom is -0.345 e. The molecule has 0 aromatic heterocycles. The Balaban J connectivity index is 1.76. The second kappa shape index (κ2) is 8.29. The quantitative estimate of drug-likeness (QED) is 0.689. The van der Waals surface area contributed by atoms with Crippen molar-refractivity contribution >= 4 is 5.91 Å². The number of hydrogen-bond donors (Lipinski definition) is 1. The molecule has 1 unspecified atom stereocenters. The Hall–Kier alpha value is -2.87. The number of aryl methyl sites for hydroxylation is 2. The zero-order valence-electron chi connectivity index (χ0n) is 14.5. The maximum Gasteiger partial charge on any atom is 0.221 e. The first-order valence-electron chi connectivity index (χ1n) is 8.68. The fourth-order valence-electron chi connectivity index (χ4n) is 3.03. The van der Waals surface area contributed by atoms with Crippen molar-refractivity contribution in [2.75, 3.05) is 0 Å². The first-order chi connectivity index (χ1) is 12.2. The van der Waals surface area contributed by atoms with Gasteiger partial charge in [0, 0.05) is 6.42 Å². The van der Waals surface area contributed by atoms with Gasteiger partial charge in [-0.25, -0.2) is 0 Å². The van der Waals surface area contributed by atoms with Crippen molar-refractivity contribution < 1.29 is 4.79 Å². The molecule has 2 heteroatoms. The van der Waals surface area contributed by atoms with Crippen LogP contribution in [0.5, 0.6) is 0 Å². The van der Waals surface area contributed by atoms with Crippen molar-refractivity contribution in [3.63, 3.8) is 0 Å². The van der Waals surface area contributed by atoms with Gasteiger partial charge in [0.15, 0.2) is 0 Å². The lowest BCUT2D eigenvalue weighted by atomic mass is 9.94. The molecule has 1 amide bonds. The van der Waals surface area contributed by atoms with Crippen LogP contribution in [0.15, 0.2) is 84.9 Å². The first-order valence-corrected chi connectivity index (χ1v) is 8.68. The van der Waals surface area contributed by atoms with E-state index in [0.29, 0.717) is 6.42 Å². The van der Waals surface area contributed by atoms with E-state index in [9.17, 15) is 4.79 Å². The second-order valence-corrected chi connectivity index (χ2v) is 6.25. The molecule has 3 rings (SSSR count). The number of amides is 1. The van der Waals surface area contributed by atoms with Gasteiger partial charge in [0.2, 0.25) is 5.91 Å². The molecule has 1 N–H and O–H groups in total. The lowest BCUT2D eigenvalue weighted by Crippen LogP contribution is -2.30. The number of carbonyl (C=O) groups excluding carboxylic acids is 1. The fourth-order valence-corrected chi connectivity index (χ4v) is 3.03. The van der Waals surface area contributed by atoms with E-state index in [4.69, 9.17) is 0 Å². The van der Waals surface area contributed by atoms with E-state index in [1.54, 1.807) is 0 Å². The van der Waals surface area contributed by atoms with Crippen LogP contribution in [0.1, 0.15) is 34.7 Å². The van der Waals surface area contributed by atoms with Crippen LogP contribution in [0.4, 0.5) is 0 Å². The minimum absolute atomic E-state index is 0.0703. The lowest BCUT2D eigenvalue weighted by molar-refractivity contribution is -0.121. The van der Waals surface area contributed by atoms with Crippen LogP contribution in [0, 0.1) is 6.92 Å². The minimum atomic E-state index is -0.120. The third-order valence-electron chi connectivity index (χ3n) is 4.42. The maximum atomic E-state index is 12.6. The Labute approximate surface area is 149 Å². The Kier molecular flexibility index (Phi) is 5.63. The zero-order chi connectivity index (χ0) is 17.5. The average molecular weight is 329 g/mol. The van der Waals surface area contributed by atoms with Gasteiger partial charge in [0.25, 0.3) is 0 Å². The van der Waals surface area contributed by atoms with Gasteiger partial charge >= 0.3 is 0 Å². The van der Waals surface area contributed by atoms with Gasteiger partial charge in [-0.3, -0.25) is 4.79 Å². The third kappa shape index (κ3) is 4.57. The zero-order valence-corrected chi connectivity index (χ0v) is 14.5. The smallest absolute Gasteiger partial charge is 0.221 e. The van der Waals surface area contributed by atoms with E-state index in [-0.39, 0.29) is 11.9 Å². The molecule has 3 aromatic rings. The van der Waals surface area contributed by atoms with Gasteiger partial charge in [0.1, 0.15) is 0 Å². The fraction of sp³-hybridized carbons (Fsp3) is 0.174. The molecule has 126 valence electrons. The highest BCUT2D eigenvalue weighted by molar-refractivity contribution is 5.77. The molecule has 3 aromatic carbocycles. The van der Waals surface area contributed by atoms with Gasteiger partial charge in [-0.1, -0.05) is 84.9 Å². The number of rotatable bonds is 6. The third-order valence-corrected chi connectivity index (χ3v) is 4.42. The van der Waals surface area contributed by atoms with Crippen molar-refractivity contribution in [1.82, 2.24) is 5.32 Å². The largest absolute Gasteiger partial charge is 0.345 e. The van der Waals surface area contributed by atoms with Crippen LogP contribution in [-0.4, -0.2) is 5.91 Å². The molecular formula is C23H23NO. The van der Waals surface area contributed by atoms with E-state index in [1.807, 2.05) is 48.5 Å². The van der Waals surface area contributed by atoms with Crippen molar-refractivity contribution in [3.8, 4) is 0 Å². The molecule has 0 radical (unpaired) electrons. The highest BCUT2D eigenvalue weighted by atomic mass is 16.1. The standard InChI is InChI=1S/C23H23NO/c1-18-10-8-9-15-21(18)23(20-13-6-3-7-14-20)24-22(25)17-16-19-11-4-2-5-12-19/h2-15,23H,16-17H2,1H3,(H,24,25). The van der Waals surface area contributed by atoms with Crippen molar-refractivity contribution in [2.45, 2.75) is 25.8 Å². The molecule has 0 aliphatic carbocycles. The Morgan fingerprint density at radius 3 is 2.12 bits per heavy atom. The topological polar surface area (TPSA) is 29.1 Å². The molecule has 2 nitrogen and oxygen atoms in total. The van der Waals surface area contributed by atoms with Gasteiger partial charge in [0.05, 0.1) is 6.04 Å². The molecule has 0 bridgehead atoms. The van der Waals surface area contributed by atoms with Crippen LogP contribution in [0.25, 0.3) is 0 Å². The summed E-state index contributed by atoms with van der Waals surface area (Å²) in [6.07, 6.45) is 1.24. The van der Waals surface area contributed by atoms with Crippen LogP contribution >= 0.6 is 0 Å².